The quantitative estimate of drug-likeness (QED) is 0.889. The van der Waals surface area contributed by atoms with Crippen molar-refractivity contribution in [1.82, 2.24) is 4.57 Å². The standard InChI is InChI=1S/C16H19FN2O2/c1-11(2)16(21)12-7-8-19(9-12)10-15(20)18-14-6-4-3-5-13(14)17/h3-9,11,16,21H,10H2,1-2H3,(H,18,20). The van der Waals surface area contributed by atoms with Crippen molar-refractivity contribution in [1.29, 1.82) is 0 Å². The Bertz CT molecular complexity index is 622. The second kappa shape index (κ2) is 6.54. The number of hydrogen-bond donors (Lipinski definition) is 2. The Morgan fingerprint density at radius 1 is 1.33 bits per heavy atom. The zero-order valence-corrected chi connectivity index (χ0v) is 12.1. The Labute approximate surface area is 123 Å². The number of benzene rings is 1. The first-order valence-corrected chi connectivity index (χ1v) is 6.85. The number of nitrogens with zero attached hydrogens (tertiary/aromatic N) is 1. The molecular weight excluding hydrogens is 271 g/mol. The maximum atomic E-state index is 13.4. The molecule has 1 amide bonds. The van der Waals surface area contributed by atoms with Crippen LogP contribution in [0.4, 0.5) is 10.1 Å². The Hall–Kier alpha value is -2.14. The van der Waals surface area contributed by atoms with Crippen molar-refractivity contribution < 1.29 is 14.3 Å². The number of halogens is 1. The van der Waals surface area contributed by atoms with E-state index in [2.05, 4.69) is 5.32 Å². The summed E-state index contributed by atoms with van der Waals surface area (Å²) < 4.78 is 15.1. The lowest BCUT2D eigenvalue weighted by molar-refractivity contribution is -0.116. The minimum atomic E-state index is -0.555. The molecule has 0 bridgehead atoms. The van der Waals surface area contributed by atoms with Gasteiger partial charge in [-0.2, -0.15) is 0 Å². The normalized spacial score (nSPS) is 12.4. The topological polar surface area (TPSA) is 54.3 Å². The highest BCUT2D eigenvalue weighted by Gasteiger charge is 2.14. The average Bonchev–Trinajstić information content (AvgIpc) is 2.88. The molecule has 0 saturated carbocycles. The number of aromatic nitrogens is 1. The molecule has 5 heteroatoms. The van der Waals surface area contributed by atoms with Gasteiger partial charge in [-0.1, -0.05) is 26.0 Å². The number of nitrogens with one attached hydrogen (secondary N) is 1. The van der Waals surface area contributed by atoms with Crippen LogP contribution in [-0.2, 0) is 11.3 Å². The second-order valence-corrected chi connectivity index (χ2v) is 5.33. The van der Waals surface area contributed by atoms with Crippen molar-refractivity contribution in [2.75, 3.05) is 5.32 Å². The SMILES string of the molecule is CC(C)C(O)c1ccn(CC(=O)Nc2ccccc2F)c1. The number of para-hydroxylation sites is 1. The molecule has 1 atom stereocenters. The first kappa shape index (κ1) is 15.3. The summed E-state index contributed by atoms with van der Waals surface area (Å²) in [6.07, 6.45) is 2.90. The van der Waals surface area contributed by atoms with Crippen LogP contribution >= 0.6 is 0 Å². The van der Waals surface area contributed by atoms with Crippen LogP contribution in [0.3, 0.4) is 0 Å². The summed E-state index contributed by atoms with van der Waals surface area (Å²) in [5.74, 6) is -0.677. The average molecular weight is 290 g/mol. The molecule has 4 nitrogen and oxygen atoms in total. The third-order valence-electron chi connectivity index (χ3n) is 3.22. The van der Waals surface area contributed by atoms with Gasteiger partial charge in [0.1, 0.15) is 12.4 Å². The maximum absolute atomic E-state index is 13.4. The Morgan fingerprint density at radius 3 is 2.71 bits per heavy atom. The summed E-state index contributed by atoms with van der Waals surface area (Å²) in [4.78, 5) is 11.9. The van der Waals surface area contributed by atoms with Crippen LogP contribution < -0.4 is 5.32 Å². The number of anilines is 1. The summed E-state index contributed by atoms with van der Waals surface area (Å²) in [6, 6.07) is 7.81. The van der Waals surface area contributed by atoms with E-state index in [1.807, 2.05) is 13.8 Å². The van der Waals surface area contributed by atoms with Gasteiger partial charge in [-0.15, -0.1) is 0 Å². The summed E-state index contributed by atoms with van der Waals surface area (Å²) in [7, 11) is 0. The Morgan fingerprint density at radius 2 is 2.05 bits per heavy atom. The molecule has 0 aliphatic rings. The van der Waals surface area contributed by atoms with Crippen LogP contribution in [0.25, 0.3) is 0 Å². The zero-order chi connectivity index (χ0) is 15.4. The van der Waals surface area contributed by atoms with E-state index in [0.29, 0.717) is 0 Å². The van der Waals surface area contributed by atoms with E-state index in [1.54, 1.807) is 35.2 Å². The van der Waals surface area contributed by atoms with Gasteiger partial charge < -0.3 is 15.0 Å². The fourth-order valence-electron chi connectivity index (χ4n) is 2.04. The fraction of sp³-hybridized carbons (Fsp3) is 0.312. The molecular formula is C16H19FN2O2. The van der Waals surface area contributed by atoms with E-state index in [0.717, 1.165) is 5.56 Å². The van der Waals surface area contributed by atoms with Crippen molar-refractivity contribution in [3.63, 3.8) is 0 Å². The lowest BCUT2D eigenvalue weighted by Crippen LogP contribution is -2.18. The summed E-state index contributed by atoms with van der Waals surface area (Å²) in [5.41, 5.74) is 0.931. The first-order chi connectivity index (χ1) is 9.97. The molecule has 1 unspecified atom stereocenters. The highest BCUT2D eigenvalue weighted by molar-refractivity contribution is 5.90. The molecule has 2 aromatic rings. The number of aliphatic hydroxyl groups is 1. The van der Waals surface area contributed by atoms with Crippen LogP contribution in [0.5, 0.6) is 0 Å². The van der Waals surface area contributed by atoms with Crippen molar-refractivity contribution in [2.45, 2.75) is 26.5 Å². The highest BCUT2D eigenvalue weighted by Crippen LogP contribution is 2.21. The lowest BCUT2D eigenvalue weighted by Gasteiger charge is -2.12. The number of amides is 1. The van der Waals surface area contributed by atoms with Crippen LogP contribution in [0.1, 0.15) is 25.5 Å². The minimum Gasteiger partial charge on any atom is -0.388 e. The molecule has 1 aromatic carbocycles. The molecule has 1 aromatic heterocycles. The molecule has 0 saturated heterocycles. The fourth-order valence-corrected chi connectivity index (χ4v) is 2.04. The molecule has 0 aliphatic heterocycles. The van der Waals surface area contributed by atoms with Crippen LogP contribution in [0, 0.1) is 11.7 Å². The molecule has 2 rings (SSSR count). The largest absolute Gasteiger partial charge is 0.388 e. The second-order valence-electron chi connectivity index (χ2n) is 5.33. The van der Waals surface area contributed by atoms with E-state index in [9.17, 15) is 14.3 Å². The van der Waals surface area contributed by atoms with Gasteiger partial charge in [-0.3, -0.25) is 4.79 Å². The Kier molecular flexibility index (Phi) is 4.75. The van der Waals surface area contributed by atoms with Gasteiger partial charge in [0, 0.05) is 12.4 Å². The van der Waals surface area contributed by atoms with Gasteiger partial charge in [-0.25, -0.2) is 4.39 Å². The van der Waals surface area contributed by atoms with E-state index in [4.69, 9.17) is 0 Å². The predicted molar refractivity (Wildman–Crippen MR) is 79.3 cm³/mol. The van der Waals surface area contributed by atoms with E-state index < -0.39 is 11.9 Å². The number of aliphatic hydroxyl groups excluding tert-OH is 1. The van der Waals surface area contributed by atoms with Crippen LogP contribution in [-0.4, -0.2) is 15.6 Å². The molecule has 2 N–H and O–H groups in total. The highest BCUT2D eigenvalue weighted by atomic mass is 19.1. The third-order valence-corrected chi connectivity index (χ3v) is 3.22. The minimum absolute atomic E-state index is 0.0686. The molecule has 21 heavy (non-hydrogen) atoms. The third kappa shape index (κ3) is 3.92. The molecule has 0 radical (unpaired) electrons. The molecule has 1 heterocycles. The van der Waals surface area contributed by atoms with Gasteiger partial charge in [0.15, 0.2) is 0 Å². The summed E-state index contributed by atoms with van der Waals surface area (Å²) in [5, 5.41) is 12.5. The van der Waals surface area contributed by atoms with E-state index >= 15 is 0 Å². The first-order valence-electron chi connectivity index (χ1n) is 6.85. The molecule has 0 spiro atoms. The smallest absolute Gasteiger partial charge is 0.244 e. The van der Waals surface area contributed by atoms with Crippen LogP contribution in [0.15, 0.2) is 42.7 Å². The number of carbonyl (C=O) groups excluding carboxylic acids is 1. The predicted octanol–water partition coefficient (Wildman–Crippen LogP) is 2.96. The Balaban J connectivity index is 1.99. The van der Waals surface area contributed by atoms with Gasteiger partial charge in [0.25, 0.3) is 0 Å². The lowest BCUT2D eigenvalue weighted by atomic mass is 10.0. The number of rotatable bonds is 5. The van der Waals surface area contributed by atoms with Crippen molar-refractivity contribution in [3.05, 3.63) is 54.1 Å². The van der Waals surface area contributed by atoms with E-state index in [-0.39, 0.29) is 24.1 Å². The van der Waals surface area contributed by atoms with Crippen LogP contribution in [0.2, 0.25) is 0 Å². The molecule has 0 aliphatic carbocycles. The monoisotopic (exact) mass is 290 g/mol. The molecule has 112 valence electrons. The summed E-state index contributed by atoms with van der Waals surface area (Å²) >= 11 is 0. The maximum Gasteiger partial charge on any atom is 0.244 e. The van der Waals surface area contributed by atoms with Gasteiger partial charge in [0.2, 0.25) is 5.91 Å². The van der Waals surface area contributed by atoms with Crippen molar-refractivity contribution in [3.8, 4) is 0 Å². The summed E-state index contributed by atoms with van der Waals surface area (Å²) in [6.45, 7) is 3.92. The van der Waals surface area contributed by atoms with Gasteiger partial charge >= 0.3 is 0 Å². The number of carbonyl (C=O) groups is 1. The van der Waals surface area contributed by atoms with Crippen molar-refractivity contribution in [2.24, 2.45) is 5.92 Å². The van der Waals surface area contributed by atoms with Crippen molar-refractivity contribution >= 4 is 11.6 Å². The zero-order valence-electron chi connectivity index (χ0n) is 12.1. The van der Waals surface area contributed by atoms with Gasteiger partial charge in [-0.05, 0) is 29.7 Å². The molecule has 0 fully saturated rings. The van der Waals surface area contributed by atoms with E-state index in [1.165, 1.54) is 12.1 Å². The number of hydrogen-bond acceptors (Lipinski definition) is 2. The van der Waals surface area contributed by atoms with Gasteiger partial charge in [0.05, 0.1) is 11.8 Å².